The molecule has 1 aromatic carbocycles. The first kappa shape index (κ1) is 10.9. The van der Waals surface area contributed by atoms with Gasteiger partial charge in [0.1, 0.15) is 0 Å². The topological polar surface area (TPSA) is 46.2 Å². The zero-order valence-corrected chi connectivity index (χ0v) is 9.95. The van der Waals surface area contributed by atoms with Crippen LogP contribution in [-0.4, -0.2) is 11.2 Å². The molecule has 1 rings (SSSR count). The van der Waals surface area contributed by atoms with E-state index < -0.39 is 6.10 Å². The number of aliphatic hydroxyl groups is 1. The molecule has 0 aliphatic rings. The molecule has 2 unspecified atom stereocenters. The molecule has 0 aromatic heterocycles. The van der Waals surface area contributed by atoms with Gasteiger partial charge in [-0.15, -0.1) is 0 Å². The van der Waals surface area contributed by atoms with E-state index in [-0.39, 0.29) is 6.04 Å². The van der Waals surface area contributed by atoms with E-state index in [1.807, 2.05) is 25.1 Å². The SMILES string of the molecule is Cc1ccc(I)c(C(N)C(C)O)c1. The minimum Gasteiger partial charge on any atom is -0.391 e. The standard InChI is InChI=1S/C10H14INO/c1-6-3-4-9(11)8(5-6)10(12)7(2)13/h3-5,7,10,13H,12H2,1-2H3. The number of benzene rings is 1. The van der Waals surface area contributed by atoms with Crippen molar-refractivity contribution in [3.05, 3.63) is 32.9 Å². The molecule has 2 atom stereocenters. The highest BCUT2D eigenvalue weighted by molar-refractivity contribution is 14.1. The summed E-state index contributed by atoms with van der Waals surface area (Å²) in [4.78, 5) is 0. The quantitative estimate of drug-likeness (QED) is 0.818. The lowest BCUT2D eigenvalue weighted by molar-refractivity contribution is 0.164. The first-order valence-electron chi connectivity index (χ1n) is 4.22. The van der Waals surface area contributed by atoms with Crippen molar-refractivity contribution >= 4 is 22.6 Å². The van der Waals surface area contributed by atoms with Crippen LogP contribution in [0.25, 0.3) is 0 Å². The third-order valence-electron chi connectivity index (χ3n) is 2.03. The van der Waals surface area contributed by atoms with Gasteiger partial charge in [0.2, 0.25) is 0 Å². The zero-order chi connectivity index (χ0) is 10.0. The van der Waals surface area contributed by atoms with Crippen LogP contribution in [0.15, 0.2) is 18.2 Å². The van der Waals surface area contributed by atoms with Crippen molar-refractivity contribution in [2.24, 2.45) is 5.73 Å². The second-order valence-electron chi connectivity index (χ2n) is 3.29. The minimum atomic E-state index is -0.504. The number of rotatable bonds is 2. The Morgan fingerprint density at radius 3 is 2.62 bits per heavy atom. The molecule has 2 nitrogen and oxygen atoms in total. The molecular formula is C10H14INO. The zero-order valence-electron chi connectivity index (χ0n) is 7.79. The largest absolute Gasteiger partial charge is 0.391 e. The Hall–Kier alpha value is -0.130. The smallest absolute Gasteiger partial charge is 0.0705 e. The van der Waals surface area contributed by atoms with Crippen LogP contribution in [-0.2, 0) is 0 Å². The fourth-order valence-corrected chi connectivity index (χ4v) is 1.87. The minimum absolute atomic E-state index is 0.285. The van der Waals surface area contributed by atoms with Crippen LogP contribution in [0.1, 0.15) is 24.1 Å². The Morgan fingerprint density at radius 1 is 1.46 bits per heavy atom. The van der Waals surface area contributed by atoms with Gasteiger partial charge in [0.25, 0.3) is 0 Å². The molecule has 0 amide bonds. The molecule has 3 N–H and O–H groups in total. The van der Waals surface area contributed by atoms with Gasteiger partial charge in [0, 0.05) is 3.57 Å². The van der Waals surface area contributed by atoms with E-state index in [9.17, 15) is 5.11 Å². The van der Waals surface area contributed by atoms with E-state index in [2.05, 4.69) is 22.6 Å². The monoisotopic (exact) mass is 291 g/mol. The molecule has 0 saturated heterocycles. The molecule has 1 aromatic rings. The molecule has 0 bridgehead atoms. The van der Waals surface area contributed by atoms with Crippen molar-refractivity contribution in [2.45, 2.75) is 26.0 Å². The third-order valence-corrected chi connectivity index (χ3v) is 3.01. The Morgan fingerprint density at radius 2 is 2.08 bits per heavy atom. The number of aryl methyl sites for hydroxylation is 1. The maximum Gasteiger partial charge on any atom is 0.0705 e. The first-order chi connectivity index (χ1) is 6.02. The fraction of sp³-hybridized carbons (Fsp3) is 0.400. The third kappa shape index (κ3) is 2.65. The maximum atomic E-state index is 9.36. The summed E-state index contributed by atoms with van der Waals surface area (Å²) in [6.07, 6.45) is -0.504. The van der Waals surface area contributed by atoms with Crippen molar-refractivity contribution in [3.63, 3.8) is 0 Å². The van der Waals surface area contributed by atoms with Gasteiger partial charge >= 0.3 is 0 Å². The van der Waals surface area contributed by atoms with E-state index >= 15 is 0 Å². The van der Waals surface area contributed by atoms with Gasteiger partial charge in [-0.1, -0.05) is 17.7 Å². The average Bonchev–Trinajstić information content (AvgIpc) is 2.08. The summed E-state index contributed by atoms with van der Waals surface area (Å²) in [5, 5.41) is 9.36. The van der Waals surface area contributed by atoms with Crippen molar-refractivity contribution in [1.82, 2.24) is 0 Å². The van der Waals surface area contributed by atoms with E-state index in [0.717, 1.165) is 9.13 Å². The molecule has 0 aliphatic carbocycles. The lowest BCUT2D eigenvalue weighted by Crippen LogP contribution is -2.24. The van der Waals surface area contributed by atoms with Crippen LogP contribution in [0.2, 0.25) is 0 Å². The number of hydrogen-bond acceptors (Lipinski definition) is 2. The highest BCUT2D eigenvalue weighted by Crippen LogP contribution is 2.21. The molecule has 0 fully saturated rings. The second kappa shape index (κ2) is 4.39. The van der Waals surface area contributed by atoms with Gasteiger partial charge in [0.15, 0.2) is 0 Å². The summed E-state index contributed by atoms with van der Waals surface area (Å²) in [6.45, 7) is 3.73. The molecule has 0 spiro atoms. The molecule has 0 saturated carbocycles. The summed E-state index contributed by atoms with van der Waals surface area (Å²) in [5.41, 5.74) is 8.05. The Labute approximate surface area is 92.3 Å². The molecule has 13 heavy (non-hydrogen) atoms. The van der Waals surface area contributed by atoms with Gasteiger partial charge in [-0.05, 0) is 48.1 Å². The first-order valence-corrected chi connectivity index (χ1v) is 5.30. The maximum absolute atomic E-state index is 9.36. The van der Waals surface area contributed by atoms with Crippen molar-refractivity contribution < 1.29 is 5.11 Å². The van der Waals surface area contributed by atoms with Gasteiger partial charge in [-0.25, -0.2) is 0 Å². The summed E-state index contributed by atoms with van der Waals surface area (Å²) in [5.74, 6) is 0. The van der Waals surface area contributed by atoms with Crippen LogP contribution in [0.5, 0.6) is 0 Å². The molecule has 0 aliphatic heterocycles. The van der Waals surface area contributed by atoms with Gasteiger partial charge in [-0.3, -0.25) is 0 Å². The van der Waals surface area contributed by atoms with Gasteiger partial charge < -0.3 is 10.8 Å². The number of halogens is 1. The second-order valence-corrected chi connectivity index (χ2v) is 4.45. The van der Waals surface area contributed by atoms with Crippen LogP contribution in [0.3, 0.4) is 0 Å². The normalized spacial score (nSPS) is 15.5. The summed E-state index contributed by atoms with van der Waals surface area (Å²) in [6, 6.07) is 5.80. The Kier molecular flexibility index (Phi) is 3.70. The predicted octanol–water partition coefficient (Wildman–Crippen LogP) is 1.98. The molecule has 0 radical (unpaired) electrons. The van der Waals surface area contributed by atoms with E-state index in [0.29, 0.717) is 0 Å². The summed E-state index contributed by atoms with van der Waals surface area (Å²) < 4.78 is 1.11. The van der Waals surface area contributed by atoms with Crippen LogP contribution >= 0.6 is 22.6 Å². The van der Waals surface area contributed by atoms with Crippen LogP contribution in [0, 0.1) is 10.5 Å². The van der Waals surface area contributed by atoms with Gasteiger partial charge in [-0.2, -0.15) is 0 Å². The number of nitrogens with two attached hydrogens (primary N) is 1. The highest BCUT2D eigenvalue weighted by Gasteiger charge is 2.14. The molecule has 72 valence electrons. The predicted molar refractivity (Wildman–Crippen MR) is 62.5 cm³/mol. The summed E-state index contributed by atoms with van der Waals surface area (Å²) in [7, 11) is 0. The molecular weight excluding hydrogens is 277 g/mol. The highest BCUT2D eigenvalue weighted by atomic mass is 127. The van der Waals surface area contributed by atoms with E-state index in [4.69, 9.17) is 5.73 Å². The van der Waals surface area contributed by atoms with Crippen LogP contribution in [0.4, 0.5) is 0 Å². The van der Waals surface area contributed by atoms with Crippen molar-refractivity contribution in [1.29, 1.82) is 0 Å². The fourth-order valence-electron chi connectivity index (χ4n) is 1.18. The molecule has 3 heteroatoms. The van der Waals surface area contributed by atoms with Crippen molar-refractivity contribution in [3.8, 4) is 0 Å². The average molecular weight is 291 g/mol. The molecule has 0 heterocycles. The van der Waals surface area contributed by atoms with Crippen molar-refractivity contribution in [2.75, 3.05) is 0 Å². The lowest BCUT2D eigenvalue weighted by atomic mass is 10.0. The Balaban J connectivity index is 3.05. The Bertz CT molecular complexity index is 299. The van der Waals surface area contributed by atoms with E-state index in [1.54, 1.807) is 6.92 Å². The lowest BCUT2D eigenvalue weighted by Gasteiger charge is -2.17. The van der Waals surface area contributed by atoms with Crippen LogP contribution < -0.4 is 5.73 Å². The van der Waals surface area contributed by atoms with Gasteiger partial charge in [0.05, 0.1) is 12.1 Å². The van der Waals surface area contributed by atoms with E-state index in [1.165, 1.54) is 5.56 Å². The summed E-state index contributed by atoms with van der Waals surface area (Å²) >= 11 is 2.23. The number of hydrogen-bond donors (Lipinski definition) is 2. The number of aliphatic hydroxyl groups excluding tert-OH is 1.